The van der Waals surface area contributed by atoms with Gasteiger partial charge in [-0.15, -0.1) is 0 Å². The Morgan fingerprint density at radius 3 is 2.27 bits per heavy atom. The predicted molar refractivity (Wildman–Crippen MR) is 51.2 cm³/mol. The maximum Gasteiger partial charge on any atom is 0.0985 e. The summed E-state index contributed by atoms with van der Waals surface area (Å²) in [5.41, 5.74) is 0. The van der Waals surface area contributed by atoms with Crippen molar-refractivity contribution in [1.82, 2.24) is 4.90 Å². The number of rotatable bonds is 3. The number of amidine groups is 1. The molecule has 2 nitrogen and oxygen atoms in total. The van der Waals surface area contributed by atoms with Crippen molar-refractivity contribution in [2.75, 3.05) is 14.1 Å². The quantitative estimate of drug-likeness (QED) is 0.451. The van der Waals surface area contributed by atoms with Crippen LogP contribution in [-0.2, 0) is 0 Å². The van der Waals surface area contributed by atoms with Crippen molar-refractivity contribution < 1.29 is 0 Å². The summed E-state index contributed by atoms with van der Waals surface area (Å²) in [6.07, 6.45) is 2.26. The molecule has 0 amide bonds. The first-order valence-corrected chi connectivity index (χ1v) is 4.32. The Kier molecular flexibility index (Phi) is 4.92. The molecular formula is C9H20N2. The standard InChI is InChI=1S/C9H20N2/c1-6-7-9(10-4)11(5)8(2)3/h8H,6-7H2,1-5H3. The van der Waals surface area contributed by atoms with E-state index in [1.807, 2.05) is 7.05 Å². The molecule has 0 spiro atoms. The van der Waals surface area contributed by atoms with Crippen LogP contribution in [-0.4, -0.2) is 30.9 Å². The van der Waals surface area contributed by atoms with E-state index in [-0.39, 0.29) is 0 Å². The highest BCUT2D eigenvalue weighted by Crippen LogP contribution is 2.01. The van der Waals surface area contributed by atoms with Gasteiger partial charge in [-0.1, -0.05) is 6.92 Å². The van der Waals surface area contributed by atoms with Crippen molar-refractivity contribution in [1.29, 1.82) is 0 Å². The molecule has 2 heteroatoms. The minimum Gasteiger partial charge on any atom is -0.361 e. The second kappa shape index (κ2) is 5.16. The van der Waals surface area contributed by atoms with E-state index in [1.165, 1.54) is 12.3 Å². The van der Waals surface area contributed by atoms with Crippen LogP contribution in [0.2, 0.25) is 0 Å². The normalized spacial score (nSPS) is 12.4. The van der Waals surface area contributed by atoms with Gasteiger partial charge in [0.2, 0.25) is 0 Å². The van der Waals surface area contributed by atoms with Crippen LogP contribution in [0, 0.1) is 0 Å². The van der Waals surface area contributed by atoms with Crippen molar-refractivity contribution >= 4 is 5.84 Å². The fraction of sp³-hybridized carbons (Fsp3) is 0.889. The SMILES string of the molecule is CCCC(=NC)N(C)C(C)C. The highest BCUT2D eigenvalue weighted by Gasteiger charge is 2.06. The van der Waals surface area contributed by atoms with Crippen LogP contribution in [0.25, 0.3) is 0 Å². The minimum absolute atomic E-state index is 0.556. The van der Waals surface area contributed by atoms with Crippen LogP contribution in [0.5, 0.6) is 0 Å². The number of nitrogens with zero attached hydrogens (tertiary/aromatic N) is 2. The van der Waals surface area contributed by atoms with Crippen molar-refractivity contribution in [3.05, 3.63) is 0 Å². The second-order valence-corrected chi connectivity index (χ2v) is 3.09. The molecule has 0 unspecified atom stereocenters. The molecule has 0 N–H and O–H groups in total. The summed E-state index contributed by atoms with van der Waals surface area (Å²) in [7, 11) is 3.96. The third-order valence-corrected chi connectivity index (χ3v) is 1.91. The summed E-state index contributed by atoms with van der Waals surface area (Å²) in [6.45, 7) is 6.54. The molecule has 0 bridgehead atoms. The number of hydrogen-bond donors (Lipinski definition) is 0. The van der Waals surface area contributed by atoms with E-state index >= 15 is 0 Å². The molecule has 0 atom stereocenters. The highest BCUT2D eigenvalue weighted by molar-refractivity contribution is 5.82. The molecule has 0 heterocycles. The topological polar surface area (TPSA) is 15.6 Å². The fourth-order valence-corrected chi connectivity index (χ4v) is 0.968. The van der Waals surface area contributed by atoms with Gasteiger partial charge in [-0.2, -0.15) is 0 Å². The van der Waals surface area contributed by atoms with E-state index in [2.05, 4.69) is 37.7 Å². The number of aliphatic imine (C=N–C) groups is 1. The molecule has 66 valence electrons. The molecule has 0 aromatic rings. The Hall–Kier alpha value is -0.530. The molecule has 0 aliphatic carbocycles. The molecule has 0 aromatic heterocycles. The van der Waals surface area contributed by atoms with Crippen molar-refractivity contribution in [3.63, 3.8) is 0 Å². The van der Waals surface area contributed by atoms with Gasteiger partial charge in [-0.3, -0.25) is 4.99 Å². The maximum atomic E-state index is 4.24. The van der Waals surface area contributed by atoms with Crippen LogP contribution in [0.1, 0.15) is 33.6 Å². The Morgan fingerprint density at radius 1 is 1.45 bits per heavy atom. The van der Waals surface area contributed by atoms with Crippen LogP contribution in [0.3, 0.4) is 0 Å². The Balaban J connectivity index is 4.04. The number of hydrogen-bond acceptors (Lipinski definition) is 1. The lowest BCUT2D eigenvalue weighted by molar-refractivity contribution is 0.407. The molecule has 0 saturated carbocycles. The average Bonchev–Trinajstić information content (AvgIpc) is 1.98. The van der Waals surface area contributed by atoms with Gasteiger partial charge >= 0.3 is 0 Å². The van der Waals surface area contributed by atoms with Crippen molar-refractivity contribution in [3.8, 4) is 0 Å². The third-order valence-electron chi connectivity index (χ3n) is 1.91. The Labute approximate surface area is 70.3 Å². The summed E-state index contributed by atoms with van der Waals surface area (Å²) in [5.74, 6) is 1.21. The molecule has 0 saturated heterocycles. The van der Waals surface area contributed by atoms with E-state index < -0.39 is 0 Å². The van der Waals surface area contributed by atoms with Gasteiger partial charge in [0.1, 0.15) is 0 Å². The Morgan fingerprint density at radius 2 is 2.00 bits per heavy atom. The summed E-state index contributed by atoms with van der Waals surface area (Å²) in [5, 5.41) is 0. The minimum atomic E-state index is 0.556. The van der Waals surface area contributed by atoms with Gasteiger partial charge in [0.25, 0.3) is 0 Å². The molecule has 0 fully saturated rings. The van der Waals surface area contributed by atoms with Gasteiger partial charge in [-0.25, -0.2) is 0 Å². The molecule has 0 aromatic carbocycles. The van der Waals surface area contributed by atoms with E-state index in [9.17, 15) is 0 Å². The second-order valence-electron chi connectivity index (χ2n) is 3.09. The average molecular weight is 156 g/mol. The van der Waals surface area contributed by atoms with E-state index in [1.54, 1.807) is 0 Å². The van der Waals surface area contributed by atoms with Gasteiger partial charge in [0, 0.05) is 26.6 Å². The maximum absolute atomic E-state index is 4.24. The summed E-state index contributed by atoms with van der Waals surface area (Å²) < 4.78 is 0. The first kappa shape index (κ1) is 10.5. The molecule has 0 rings (SSSR count). The molecule has 11 heavy (non-hydrogen) atoms. The molecular weight excluding hydrogens is 136 g/mol. The lowest BCUT2D eigenvalue weighted by atomic mass is 10.2. The van der Waals surface area contributed by atoms with Gasteiger partial charge in [-0.05, 0) is 20.3 Å². The smallest absolute Gasteiger partial charge is 0.0985 e. The van der Waals surface area contributed by atoms with Crippen LogP contribution < -0.4 is 0 Å². The first-order valence-electron chi connectivity index (χ1n) is 4.32. The van der Waals surface area contributed by atoms with E-state index in [0.29, 0.717) is 6.04 Å². The summed E-state index contributed by atoms with van der Waals surface area (Å²) in [4.78, 5) is 6.47. The summed E-state index contributed by atoms with van der Waals surface area (Å²) >= 11 is 0. The predicted octanol–water partition coefficient (Wildman–Crippen LogP) is 2.16. The van der Waals surface area contributed by atoms with Crippen molar-refractivity contribution in [2.45, 2.75) is 39.7 Å². The van der Waals surface area contributed by atoms with Crippen LogP contribution in [0.15, 0.2) is 4.99 Å². The zero-order chi connectivity index (χ0) is 8.85. The first-order chi connectivity index (χ1) is 5.13. The molecule has 0 aliphatic heterocycles. The zero-order valence-corrected chi connectivity index (χ0v) is 8.39. The monoisotopic (exact) mass is 156 g/mol. The largest absolute Gasteiger partial charge is 0.361 e. The summed E-state index contributed by atoms with van der Waals surface area (Å²) in [6, 6.07) is 0.556. The van der Waals surface area contributed by atoms with Crippen molar-refractivity contribution in [2.24, 2.45) is 4.99 Å². The van der Waals surface area contributed by atoms with Gasteiger partial charge in [0.15, 0.2) is 0 Å². The van der Waals surface area contributed by atoms with Crippen LogP contribution in [0.4, 0.5) is 0 Å². The van der Waals surface area contributed by atoms with Crippen LogP contribution >= 0.6 is 0 Å². The van der Waals surface area contributed by atoms with Gasteiger partial charge in [0.05, 0.1) is 5.84 Å². The lowest BCUT2D eigenvalue weighted by Gasteiger charge is -2.24. The highest BCUT2D eigenvalue weighted by atomic mass is 15.2. The molecule has 0 radical (unpaired) electrons. The fourth-order valence-electron chi connectivity index (χ4n) is 0.968. The molecule has 0 aliphatic rings. The third kappa shape index (κ3) is 3.40. The van der Waals surface area contributed by atoms with E-state index in [0.717, 1.165) is 6.42 Å². The van der Waals surface area contributed by atoms with E-state index in [4.69, 9.17) is 0 Å². The lowest BCUT2D eigenvalue weighted by Crippen LogP contribution is -2.32. The Bertz CT molecular complexity index is 128. The zero-order valence-electron chi connectivity index (χ0n) is 8.39. The van der Waals surface area contributed by atoms with Gasteiger partial charge < -0.3 is 4.90 Å².